The molecule has 3 aromatic rings. The highest BCUT2D eigenvalue weighted by molar-refractivity contribution is 5.68. The van der Waals surface area contributed by atoms with Crippen LogP contribution in [0.4, 0.5) is 0 Å². The standard InChI is InChI=1S/C24H26N6O/c1-17(29-12-3-4-13-29)26-16-24(10-11-24)23-27-22-21(31-2)9-8-20(30(22)28-23)19-7-5-6-18(14-19)15-25/h5-9,14,26H,1,3-4,10-13,16H2,2H3. The molecule has 1 N–H and O–H groups in total. The van der Waals surface area contributed by atoms with Crippen LogP contribution < -0.4 is 10.1 Å². The molecule has 1 aliphatic carbocycles. The number of hydrogen-bond donors (Lipinski definition) is 1. The normalized spacial score (nSPS) is 16.8. The van der Waals surface area contributed by atoms with Gasteiger partial charge in [0.25, 0.3) is 0 Å². The fraction of sp³-hybridized carbons (Fsp3) is 0.375. The molecule has 0 amide bonds. The summed E-state index contributed by atoms with van der Waals surface area (Å²) < 4.78 is 7.41. The molecule has 7 heteroatoms. The van der Waals surface area contributed by atoms with E-state index in [0.29, 0.717) is 17.0 Å². The first-order valence-corrected chi connectivity index (χ1v) is 10.8. The van der Waals surface area contributed by atoms with Gasteiger partial charge in [-0.05, 0) is 49.9 Å². The van der Waals surface area contributed by atoms with E-state index in [9.17, 15) is 5.26 Å². The van der Waals surface area contributed by atoms with Crippen LogP contribution in [0.15, 0.2) is 48.8 Å². The van der Waals surface area contributed by atoms with Crippen LogP contribution in [-0.4, -0.2) is 46.2 Å². The Hall–Kier alpha value is -3.53. The molecular weight excluding hydrogens is 388 g/mol. The Labute approximate surface area is 182 Å². The molecule has 158 valence electrons. The fourth-order valence-electron chi connectivity index (χ4n) is 4.29. The van der Waals surface area contributed by atoms with Gasteiger partial charge in [-0.15, -0.1) is 5.10 Å². The molecule has 1 aromatic carbocycles. The lowest BCUT2D eigenvalue weighted by Gasteiger charge is -2.23. The number of aromatic nitrogens is 3. The number of pyridine rings is 1. The van der Waals surface area contributed by atoms with Gasteiger partial charge in [0.2, 0.25) is 0 Å². The quantitative estimate of drug-likeness (QED) is 0.638. The van der Waals surface area contributed by atoms with Gasteiger partial charge in [0.1, 0.15) is 0 Å². The van der Waals surface area contributed by atoms with Crippen molar-refractivity contribution >= 4 is 5.65 Å². The van der Waals surface area contributed by atoms with Crippen molar-refractivity contribution in [2.24, 2.45) is 0 Å². The lowest BCUT2D eigenvalue weighted by atomic mass is 10.1. The second kappa shape index (κ2) is 7.62. The Bertz CT molecular complexity index is 1180. The largest absolute Gasteiger partial charge is 0.493 e. The summed E-state index contributed by atoms with van der Waals surface area (Å²) in [6.07, 6.45) is 4.56. The van der Waals surface area contributed by atoms with Gasteiger partial charge < -0.3 is 15.0 Å². The summed E-state index contributed by atoms with van der Waals surface area (Å²) in [6.45, 7) is 7.16. The molecule has 1 saturated heterocycles. The number of nitrogens with one attached hydrogen (secondary N) is 1. The zero-order valence-electron chi connectivity index (χ0n) is 17.8. The van der Waals surface area contributed by atoms with Gasteiger partial charge in [-0.25, -0.2) is 9.50 Å². The summed E-state index contributed by atoms with van der Waals surface area (Å²) in [5.41, 5.74) is 3.04. The SMILES string of the molecule is C=C(NCC1(c2nc3c(OC)ccc(-c4cccc(C#N)c4)n3n2)CC1)N1CCCC1. The Morgan fingerprint density at radius 2 is 2.06 bits per heavy atom. The zero-order valence-corrected chi connectivity index (χ0v) is 17.8. The molecule has 5 rings (SSSR count). The van der Waals surface area contributed by atoms with Gasteiger partial charge in [-0.1, -0.05) is 18.7 Å². The lowest BCUT2D eigenvalue weighted by molar-refractivity contribution is 0.383. The Balaban J connectivity index is 1.48. The van der Waals surface area contributed by atoms with Gasteiger partial charge in [0.05, 0.1) is 30.3 Å². The van der Waals surface area contributed by atoms with Gasteiger partial charge in [-0.2, -0.15) is 5.26 Å². The number of nitrogens with zero attached hydrogens (tertiary/aromatic N) is 5. The molecule has 0 spiro atoms. The third-order valence-electron chi connectivity index (χ3n) is 6.40. The summed E-state index contributed by atoms with van der Waals surface area (Å²) in [5, 5.41) is 17.7. The van der Waals surface area contributed by atoms with E-state index in [4.69, 9.17) is 14.8 Å². The number of nitriles is 1. The van der Waals surface area contributed by atoms with Crippen molar-refractivity contribution < 1.29 is 4.74 Å². The van der Waals surface area contributed by atoms with Crippen LogP contribution in [0.1, 0.15) is 37.1 Å². The van der Waals surface area contributed by atoms with Gasteiger partial charge in [-0.3, -0.25) is 0 Å². The summed E-state index contributed by atoms with van der Waals surface area (Å²) in [7, 11) is 1.65. The highest BCUT2D eigenvalue weighted by Gasteiger charge is 2.48. The second-order valence-corrected chi connectivity index (χ2v) is 8.43. The summed E-state index contributed by atoms with van der Waals surface area (Å²) >= 11 is 0. The third-order valence-corrected chi connectivity index (χ3v) is 6.40. The maximum atomic E-state index is 9.28. The number of benzene rings is 1. The lowest BCUT2D eigenvalue weighted by Crippen LogP contribution is -2.34. The van der Waals surface area contributed by atoms with E-state index in [1.807, 2.05) is 34.8 Å². The maximum absolute atomic E-state index is 9.28. The van der Waals surface area contributed by atoms with Crippen LogP contribution >= 0.6 is 0 Å². The summed E-state index contributed by atoms with van der Waals surface area (Å²) in [6, 6.07) is 13.6. The average molecular weight is 415 g/mol. The van der Waals surface area contributed by atoms with Crippen LogP contribution in [0.5, 0.6) is 5.75 Å². The first-order valence-electron chi connectivity index (χ1n) is 10.8. The van der Waals surface area contributed by atoms with E-state index < -0.39 is 0 Å². The van der Waals surface area contributed by atoms with Crippen molar-refractivity contribution in [2.75, 3.05) is 26.7 Å². The molecule has 2 aliphatic rings. The van der Waals surface area contributed by atoms with E-state index in [2.05, 4.69) is 22.9 Å². The van der Waals surface area contributed by atoms with Crippen molar-refractivity contribution in [3.05, 3.63) is 60.2 Å². The smallest absolute Gasteiger partial charge is 0.198 e. The van der Waals surface area contributed by atoms with E-state index in [1.165, 1.54) is 12.8 Å². The minimum absolute atomic E-state index is 0.0779. The van der Waals surface area contributed by atoms with Crippen LogP contribution in [0.2, 0.25) is 0 Å². The van der Waals surface area contributed by atoms with Crippen molar-refractivity contribution in [2.45, 2.75) is 31.1 Å². The molecular formula is C24H26N6O. The van der Waals surface area contributed by atoms with E-state index in [-0.39, 0.29) is 5.41 Å². The van der Waals surface area contributed by atoms with Gasteiger partial charge in [0.15, 0.2) is 17.2 Å². The molecule has 0 unspecified atom stereocenters. The number of rotatable bonds is 7. The summed E-state index contributed by atoms with van der Waals surface area (Å²) in [4.78, 5) is 7.22. The molecule has 2 fully saturated rings. The molecule has 2 aromatic heterocycles. The predicted molar refractivity (Wildman–Crippen MR) is 119 cm³/mol. The topological polar surface area (TPSA) is 78.5 Å². The molecule has 0 bridgehead atoms. The monoisotopic (exact) mass is 414 g/mol. The fourth-order valence-corrected chi connectivity index (χ4v) is 4.29. The number of fused-ring (bicyclic) bond motifs is 1. The van der Waals surface area contributed by atoms with Gasteiger partial charge in [0, 0.05) is 30.6 Å². The highest BCUT2D eigenvalue weighted by Crippen LogP contribution is 2.47. The predicted octanol–water partition coefficient (Wildman–Crippen LogP) is 3.46. The minimum Gasteiger partial charge on any atom is -0.493 e. The first-order chi connectivity index (χ1) is 15.1. The van der Waals surface area contributed by atoms with Crippen LogP contribution in [-0.2, 0) is 5.41 Å². The molecule has 1 aliphatic heterocycles. The van der Waals surface area contributed by atoms with Crippen molar-refractivity contribution in [1.29, 1.82) is 5.26 Å². The minimum atomic E-state index is -0.0779. The molecule has 0 radical (unpaired) electrons. The average Bonchev–Trinajstić information content (AvgIpc) is 3.18. The molecule has 0 atom stereocenters. The number of likely N-dealkylation sites (tertiary alicyclic amines) is 1. The Morgan fingerprint density at radius 1 is 1.26 bits per heavy atom. The second-order valence-electron chi connectivity index (χ2n) is 8.43. The Morgan fingerprint density at radius 3 is 2.77 bits per heavy atom. The molecule has 7 nitrogen and oxygen atoms in total. The number of methoxy groups -OCH3 is 1. The Kier molecular flexibility index (Phi) is 4.78. The number of hydrogen-bond acceptors (Lipinski definition) is 6. The maximum Gasteiger partial charge on any atom is 0.198 e. The van der Waals surface area contributed by atoms with Crippen molar-refractivity contribution in [3.63, 3.8) is 0 Å². The van der Waals surface area contributed by atoms with Gasteiger partial charge >= 0.3 is 0 Å². The first kappa shape index (κ1) is 19.4. The van der Waals surface area contributed by atoms with Crippen LogP contribution in [0.3, 0.4) is 0 Å². The highest BCUT2D eigenvalue weighted by atomic mass is 16.5. The molecule has 3 heterocycles. The van der Waals surface area contributed by atoms with Crippen LogP contribution in [0, 0.1) is 11.3 Å². The number of ether oxygens (including phenoxy) is 1. The van der Waals surface area contributed by atoms with Crippen molar-refractivity contribution in [1.82, 2.24) is 24.8 Å². The molecule has 31 heavy (non-hydrogen) atoms. The zero-order chi connectivity index (χ0) is 21.4. The molecule has 1 saturated carbocycles. The van der Waals surface area contributed by atoms with E-state index >= 15 is 0 Å². The van der Waals surface area contributed by atoms with E-state index in [0.717, 1.165) is 55.4 Å². The van der Waals surface area contributed by atoms with Crippen molar-refractivity contribution in [3.8, 4) is 23.1 Å². The van der Waals surface area contributed by atoms with Crippen LogP contribution in [0.25, 0.3) is 16.9 Å². The third kappa shape index (κ3) is 3.48. The van der Waals surface area contributed by atoms with E-state index in [1.54, 1.807) is 13.2 Å². The summed E-state index contributed by atoms with van der Waals surface area (Å²) in [5.74, 6) is 2.51.